The van der Waals surface area contributed by atoms with Gasteiger partial charge in [-0.15, -0.1) is 0 Å². The topological polar surface area (TPSA) is 342 Å². The van der Waals surface area contributed by atoms with Crippen molar-refractivity contribution < 1.29 is 38.7 Å². The van der Waals surface area contributed by atoms with Crippen molar-refractivity contribution in [2.24, 2.45) is 28.7 Å². The molecule has 19 nitrogen and oxygen atoms in total. The van der Waals surface area contributed by atoms with Gasteiger partial charge in [-0.05, 0) is 103 Å². The van der Waals surface area contributed by atoms with Gasteiger partial charge in [0.2, 0.25) is 41.4 Å². The summed E-state index contributed by atoms with van der Waals surface area (Å²) in [5, 5.41) is 25.2. The van der Waals surface area contributed by atoms with Crippen molar-refractivity contribution in [3.63, 3.8) is 0 Å². The van der Waals surface area contributed by atoms with Gasteiger partial charge in [0.1, 0.15) is 36.3 Å². The Bertz CT molecular complexity index is 1120. The van der Waals surface area contributed by atoms with Gasteiger partial charge < -0.3 is 65.7 Å². The van der Waals surface area contributed by atoms with Gasteiger partial charge in [0.15, 0.2) is 0 Å². The highest BCUT2D eigenvalue weighted by atomic mass is 32.1. The van der Waals surface area contributed by atoms with E-state index in [0.717, 1.165) is 0 Å². The summed E-state index contributed by atoms with van der Waals surface area (Å²) in [5.41, 5.74) is 28.0. The zero-order valence-corrected chi connectivity index (χ0v) is 31.2. The molecule has 0 fully saturated rings. The van der Waals surface area contributed by atoms with Crippen LogP contribution >= 0.6 is 12.6 Å². The molecule has 0 aliphatic heterocycles. The minimum atomic E-state index is -1.48. The highest BCUT2D eigenvalue weighted by Crippen LogP contribution is 2.09. The number of hydrogen-bond acceptors (Lipinski definition) is 13. The first-order chi connectivity index (χ1) is 24.8. The van der Waals surface area contributed by atoms with E-state index in [1.165, 1.54) is 6.92 Å². The van der Waals surface area contributed by atoms with Crippen LogP contribution in [0.4, 0.5) is 0 Å². The molecule has 0 aliphatic carbocycles. The van der Waals surface area contributed by atoms with Gasteiger partial charge in [-0.2, -0.15) is 12.6 Å². The van der Waals surface area contributed by atoms with Crippen molar-refractivity contribution in [1.82, 2.24) is 31.9 Å². The summed E-state index contributed by atoms with van der Waals surface area (Å²) in [7, 11) is 0. The van der Waals surface area contributed by atoms with Crippen LogP contribution in [0.3, 0.4) is 0 Å². The molecular weight excluding hydrogens is 698 g/mol. The van der Waals surface area contributed by atoms with E-state index in [1.807, 2.05) is 0 Å². The molecule has 0 saturated carbocycles. The number of primary amides is 1. The molecule has 0 rings (SSSR count). The van der Waals surface area contributed by atoms with Crippen LogP contribution in [0.5, 0.6) is 0 Å². The number of carbonyl (C=O) groups is 7. The molecule has 0 aliphatic rings. The number of rotatable bonds is 30. The third-order valence-electron chi connectivity index (χ3n) is 8.04. The molecular formula is C32H63N11O8S. The summed E-state index contributed by atoms with van der Waals surface area (Å²) in [6.07, 6.45) is 4.80. The minimum absolute atomic E-state index is 0.0844. The number of nitrogens with one attached hydrogen (secondary N) is 6. The molecule has 0 aromatic rings. The first-order valence-electron chi connectivity index (χ1n) is 17.9. The van der Waals surface area contributed by atoms with Gasteiger partial charge in [0.25, 0.3) is 0 Å². The van der Waals surface area contributed by atoms with Gasteiger partial charge in [-0.25, -0.2) is 0 Å². The van der Waals surface area contributed by atoms with E-state index < -0.39 is 84.2 Å². The van der Waals surface area contributed by atoms with Crippen molar-refractivity contribution in [2.75, 3.05) is 38.5 Å². The van der Waals surface area contributed by atoms with E-state index in [0.29, 0.717) is 77.5 Å². The summed E-state index contributed by atoms with van der Waals surface area (Å²) in [6, 6.07) is -7.00. The SMILES string of the molecule is CC(=O)N[C@@H](CS)C(=O)N[C@@H](CO)C(=O)N[C@@H](CCCCN)C(=O)N[C@@H](CCCCN)C(=O)N[C@@H](CCCCN)C(=O)N[C@@H](CCCCN)C(N)=O. The Morgan fingerprint density at radius 3 is 1.06 bits per heavy atom. The number of thiol groups is 1. The van der Waals surface area contributed by atoms with E-state index in [2.05, 4.69) is 44.5 Å². The maximum absolute atomic E-state index is 13.7. The lowest BCUT2D eigenvalue weighted by atomic mass is 10.0. The van der Waals surface area contributed by atoms with Gasteiger partial charge in [0, 0.05) is 12.7 Å². The molecule has 0 spiro atoms. The Morgan fingerprint density at radius 2 is 0.769 bits per heavy atom. The van der Waals surface area contributed by atoms with Crippen LogP contribution in [0.25, 0.3) is 0 Å². The van der Waals surface area contributed by atoms with Crippen LogP contribution in [0.15, 0.2) is 0 Å². The first-order valence-corrected chi connectivity index (χ1v) is 18.5. The van der Waals surface area contributed by atoms with Crippen molar-refractivity contribution in [3.8, 4) is 0 Å². The van der Waals surface area contributed by atoms with Gasteiger partial charge >= 0.3 is 0 Å². The maximum Gasteiger partial charge on any atom is 0.245 e. The fourth-order valence-corrected chi connectivity index (χ4v) is 5.32. The van der Waals surface area contributed by atoms with Gasteiger partial charge in [-0.3, -0.25) is 33.6 Å². The molecule has 20 heteroatoms. The van der Waals surface area contributed by atoms with Crippen molar-refractivity contribution in [3.05, 3.63) is 0 Å². The average molecular weight is 762 g/mol. The molecule has 0 aromatic carbocycles. The second kappa shape index (κ2) is 29.0. The summed E-state index contributed by atoms with van der Waals surface area (Å²) in [4.78, 5) is 90.1. The first kappa shape index (κ1) is 48.4. The van der Waals surface area contributed by atoms with Crippen LogP contribution in [-0.2, 0) is 33.6 Å². The smallest absolute Gasteiger partial charge is 0.245 e. The monoisotopic (exact) mass is 761 g/mol. The zero-order chi connectivity index (χ0) is 39.5. The van der Waals surface area contributed by atoms with Crippen molar-refractivity contribution >= 4 is 54.0 Å². The predicted molar refractivity (Wildman–Crippen MR) is 199 cm³/mol. The molecule has 0 heterocycles. The van der Waals surface area contributed by atoms with Crippen molar-refractivity contribution in [2.45, 2.75) is 120 Å². The van der Waals surface area contributed by atoms with E-state index in [9.17, 15) is 38.7 Å². The van der Waals surface area contributed by atoms with Crippen LogP contribution in [0.1, 0.15) is 84.0 Å². The van der Waals surface area contributed by atoms with Crippen LogP contribution in [0, 0.1) is 0 Å². The number of carbonyl (C=O) groups excluding carboxylic acids is 7. The molecule has 7 amide bonds. The van der Waals surface area contributed by atoms with Crippen LogP contribution in [-0.4, -0.2) is 121 Å². The molecule has 0 radical (unpaired) electrons. The lowest BCUT2D eigenvalue weighted by Gasteiger charge is -2.27. The second-order valence-corrected chi connectivity index (χ2v) is 12.8. The summed E-state index contributed by atoms with van der Waals surface area (Å²) >= 11 is 4.04. The summed E-state index contributed by atoms with van der Waals surface area (Å²) in [5.74, 6) is -5.02. The van der Waals surface area contributed by atoms with Crippen LogP contribution in [0.2, 0.25) is 0 Å². The predicted octanol–water partition coefficient (Wildman–Crippen LogP) is -4.16. The summed E-state index contributed by atoms with van der Waals surface area (Å²) in [6.45, 7) is 1.78. The number of aliphatic hydroxyl groups is 1. The number of nitrogens with two attached hydrogens (primary N) is 5. The van der Waals surface area contributed by atoms with E-state index in [1.54, 1.807) is 0 Å². The highest BCUT2D eigenvalue weighted by Gasteiger charge is 2.32. The minimum Gasteiger partial charge on any atom is -0.394 e. The Kier molecular flexibility index (Phi) is 27.0. The van der Waals surface area contributed by atoms with Crippen LogP contribution < -0.4 is 60.6 Å². The normalized spacial score (nSPS) is 14.4. The number of amides is 7. The molecule has 17 N–H and O–H groups in total. The Balaban J connectivity index is 6.12. The lowest BCUT2D eigenvalue weighted by Crippen LogP contribution is -2.60. The standard InChI is InChI=1S/C32H63N11O8S/c1-20(45)38-26(19-52)32(51)43-25(18-44)31(50)42-24(13-5-9-17-36)30(49)41-23(12-4-8-16-35)29(48)40-22(11-3-7-15-34)28(47)39-21(27(37)46)10-2-6-14-33/h21-26,44,52H,2-19,33-36H2,1H3,(H2,37,46)(H,38,45)(H,39,47)(H,40,48)(H,41,49)(H,42,50)(H,43,51)/t21-,22-,23-,24-,25-,26-/m0/s1. The third-order valence-corrected chi connectivity index (χ3v) is 8.40. The Hall–Kier alpha value is -3.56. The quantitative estimate of drug-likeness (QED) is 0.0245. The zero-order valence-electron chi connectivity index (χ0n) is 30.3. The molecule has 0 saturated heterocycles. The molecule has 52 heavy (non-hydrogen) atoms. The Labute approximate surface area is 311 Å². The number of unbranched alkanes of at least 4 members (excludes halogenated alkanes) is 4. The maximum atomic E-state index is 13.7. The highest BCUT2D eigenvalue weighted by molar-refractivity contribution is 7.80. The average Bonchev–Trinajstić information content (AvgIpc) is 3.10. The Morgan fingerprint density at radius 1 is 0.481 bits per heavy atom. The summed E-state index contributed by atoms with van der Waals surface area (Å²) < 4.78 is 0. The fraction of sp³-hybridized carbons (Fsp3) is 0.781. The fourth-order valence-electron chi connectivity index (χ4n) is 5.06. The van der Waals surface area contributed by atoms with Gasteiger partial charge in [0.05, 0.1) is 6.61 Å². The molecule has 0 aromatic heterocycles. The van der Waals surface area contributed by atoms with E-state index >= 15 is 0 Å². The van der Waals surface area contributed by atoms with Gasteiger partial charge in [-0.1, -0.05) is 0 Å². The van der Waals surface area contributed by atoms with Crippen molar-refractivity contribution in [1.29, 1.82) is 0 Å². The largest absolute Gasteiger partial charge is 0.394 e. The second-order valence-electron chi connectivity index (χ2n) is 12.5. The molecule has 6 atom stereocenters. The number of hydrogen-bond donors (Lipinski definition) is 13. The molecule has 0 bridgehead atoms. The number of aliphatic hydroxyl groups excluding tert-OH is 1. The van der Waals surface area contributed by atoms with E-state index in [4.69, 9.17) is 28.7 Å². The lowest BCUT2D eigenvalue weighted by molar-refractivity contribution is -0.136. The van der Waals surface area contributed by atoms with E-state index in [-0.39, 0.29) is 31.4 Å². The molecule has 0 unspecified atom stereocenters. The molecule has 300 valence electrons. The third kappa shape index (κ3) is 20.5.